The number of hydrogen-bond donors (Lipinski definition) is 1. The van der Waals surface area contributed by atoms with Crippen LogP contribution in [0.15, 0.2) is 24.3 Å². The Morgan fingerprint density at radius 3 is 2.55 bits per heavy atom. The van der Waals surface area contributed by atoms with E-state index in [9.17, 15) is 19.7 Å². The van der Waals surface area contributed by atoms with Gasteiger partial charge < -0.3 is 15.0 Å². The van der Waals surface area contributed by atoms with Crippen LogP contribution in [-0.4, -0.2) is 61.5 Å². The van der Waals surface area contributed by atoms with E-state index in [4.69, 9.17) is 4.74 Å². The number of carbonyl (C=O) groups excluding carboxylic acids is 2. The number of nitrogens with one attached hydrogen (secondary N) is 1. The van der Waals surface area contributed by atoms with Gasteiger partial charge >= 0.3 is 5.97 Å². The van der Waals surface area contributed by atoms with Gasteiger partial charge in [-0.15, -0.1) is 11.3 Å². The van der Waals surface area contributed by atoms with Crippen molar-refractivity contribution in [3.8, 4) is 0 Å². The van der Waals surface area contributed by atoms with E-state index in [1.807, 2.05) is 0 Å². The van der Waals surface area contributed by atoms with Gasteiger partial charge in [0.15, 0.2) is 0 Å². The van der Waals surface area contributed by atoms with Gasteiger partial charge in [0.2, 0.25) is 5.91 Å². The van der Waals surface area contributed by atoms with Crippen LogP contribution in [0.1, 0.15) is 34.1 Å². The number of nitrogens with zero attached hydrogens (tertiary/aromatic N) is 3. The standard InChI is InChI=1S/C23H28N4O5S/c1-15-3-8-18-19(13-15)33-22(21(18)23(29)32-2)24-20(28)14-25-9-11-26(12-10-25)16-4-6-17(7-5-16)27(30)31/h4-7,15H,3,8-14H2,1-2H3,(H,24,28). The number of methoxy groups -OCH3 is 1. The van der Waals surface area contributed by atoms with Crippen molar-refractivity contribution in [2.45, 2.75) is 26.2 Å². The zero-order valence-corrected chi connectivity index (χ0v) is 19.7. The van der Waals surface area contributed by atoms with Crippen LogP contribution in [-0.2, 0) is 22.4 Å². The van der Waals surface area contributed by atoms with E-state index in [2.05, 4.69) is 22.0 Å². The van der Waals surface area contributed by atoms with Crippen molar-refractivity contribution in [2.24, 2.45) is 5.92 Å². The van der Waals surface area contributed by atoms with Gasteiger partial charge in [0.05, 0.1) is 24.1 Å². The van der Waals surface area contributed by atoms with Gasteiger partial charge in [-0.25, -0.2) is 4.79 Å². The Bertz CT molecular complexity index is 1040. The highest BCUT2D eigenvalue weighted by molar-refractivity contribution is 7.17. The smallest absolute Gasteiger partial charge is 0.341 e. The van der Waals surface area contributed by atoms with Crippen molar-refractivity contribution in [3.05, 3.63) is 50.4 Å². The molecule has 33 heavy (non-hydrogen) atoms. The van der Waals surface area contributed by atoms with Gasteiger partial charge in [-0.2, -0.15) is 0 Å². The quantitative estimate of drug-likeness (QED) is 0.391. The number of hydrogen-bond acceptors (Lipinski definition) is 8. The van der Waals surface area contributed by atoms with Gasteiger partial charge in [-0.1, -0.05) is 6.92 Å². The lowest BCUT2D eigenvalue weighted by molar-refractivity contribution is -0.384. The molecule has 0 saturated carbocycles. The monoisotopic (exact) mass is 472 g/mol. The van der Waals surface area contributed by atoms with Gasteiger partial charge in [-0.05, 0) is 42.9 Å². The third kappa shape index (κ3) is 5.17. The molecule has 2 aromatic rings. The molecule has 1 aliphatic carbocycles. The summed E-state index contributed by atoms with van der Waals surface area (Å²) in [6, 6.07) is 6.54. The SMILES string of the molecule is COC(=O)c1c(NC(=O)CN2CCN(c3ccc([N+](=O)[O-])cc3)CC2)sc2c1CCC(C)C2. The van der Waals surface area contributed by atoms with Crippen LogP contribution in [0.2, 0.25) is 0 Å². The predicted octanol–water partition coefficient (Wildman–Crippen LogP) is 3.33. The number of ether oxygens (including phenoxy) is 1. The lowest BCUT2D eigenvalue weighted by Crippen LogP contribution is -2.48. The summed E-state index contributed by atoms with van der Waals surface area (Å²) in [5.41, 5.74) is 2.55. The van der Waals surface area contributed by atoms with Crippen LogP contribution >= 0.6 is 11.3 Å². The average Bonchev–Trinajstić information content (AvgIpc) is 3.15. The maximum Gasteiger partial charge on any atom is 0.341 e. The molecule has 1 aromatic carbocycles. The predicted molar refractivity (Wildman–Crippen MR) is 127 cm³/mol. The lowest BCUT2D eigenvalue weighted by Gasteiger charge is -2.35. The van der Waals surface area contributed by atoms with Crippen LogP contribution in [0.3, 0.4) is 0 Å². The molecular formula is C23H28N4O5S. The van der Waals surface area contributed by atoms with E-state index in [0.717, 1.165) is 43.6 Å². The first kappa shape index (κ1) is 23.2. The van der Waals surface area contributed by atoms with Crippen molar-refractivity contribution in [2.75, 3.05) is 50.1 Å². The topological polar surface area (TPSA) is 105 Å². The van der Waals surface area contributed by atoms with Crippen LogP contribution in [0.25, 0.3) is 0 Å². The molecule has 1 atom stereocenters. The molecule has 1 fully saturated rings. The Morgan fingerprint density at radius 2 is 1.91 bits per heavy atom. The molecule has 2 heterocycles. The van der Waals surface area contributed by atoms with E-state index in [1.165, 1.54) is 35.5 Å². The molecule has 1 amide bonds. The number of piperazine rings is 1. The minimum atomic E-state index is -0.406. The molecule has 176 valence electrons. The first-order chi connectivity index (χ1) is 15.9. The highest BCUT2D eigenvalue weighted by Crippen LogP contribution is 2.40. The Hall–Kier alpha value is -2.98. The second-order valence-corrected chi connectivity index (χ2v) is 9.74. The number of esters is 1. The summed E-state index contributed by atoms with van der Waals surface area (Å²) in [4.78, 5) is 41.1. The van der Waals surface area contributed by atoms with Crippen molar-refractivity contribution >= 4 is 39.6 Å². The van der Waals surface area contributed by atoms with Crippen LogP contribution < -0.4 is 10.2 Å². The van der Waals surface area contributed by atoms with Crippen molar-refractivity contribution in [1.29, 1.82) is 0 Å². The second-order valence-electron chi connectivity index (χ2n) is 8.63. The van der Waals surface area contributed by atoms with Gasteiger partial charge in [-0.3, -0.25) is 19.8 Å². The van der Waals surface area contributed by atoms with E-state index < -0.39 is 10.9 Å². The van der Waals surface area contributed by atoms with Gasteiger partial charge in [0.25, 0.3) is 5.69 Å². The molecule has 1 N–H and O–H groups in total. The normalized spacial score (nSPS) is 18.5. The van der Waals surface area contributed by atoms with Crippen LogP contribution in [0.5, 0.6) is 0 Å². The minimum Gasteiger partial charge on any atom is -0.465 e. The summed E-state index contributed by atoms with van der Waals surface area (Å²) < 4.78 is 5.00. The molecule has 0 bridgehead atoms. The third-order valence-electron chi connectivity index (χ3n) is 6.32. The first-order valence-electron chi connectivity index (χ1n) is 11.1. The molecule has 1 aliphatic heterocycles. The average molecular weight is 473 g/mol. The summed E-state index contributed by atoms with van der Waals surface area (Å²) in [5.74, 6) is 0.0295. The Labute approximate surface area is 196 Å². The largest absolute Gasteiger partial charge is 0.465 e. The molecule has 0 spiro atoms. The zero-order valence-electron chi connectivity index (χ0n) is 18.8. The van der Waals surface area contributed by atoms with Crippen LogP contribution in [0.4, 0.5) is 16.4 Å². The maximum absolute atomic E-state index is 12.8. The fourth-order valence-electron chi connectivity index (χ4n) is 4.48. The van der Waals surface area contributed by atoms with Crippen molar-refractivity contribution in [3.63, 3.8) is 0 Å². The Kier molecular flexibility index (Phi) is 6.94. The molecule has 2 aliphatic rings. The number of fused-ring (bicyclic) bond motifs is 1. The summed E-state index contributed by atoms with van der Waals surface area (Å²) in [7, 11) is 1.37. The molecule has 1 unspecified atom stereocenters. The molecule has 1 aromatic heterocycles. The lowest BCUT2D eigenvalue weighted by atomic mass is 9.88. The molecule has 9 nitrogen and oxygen atoms in total. The molecule has 1 saturated heterocycles. The number of nitro groups is 1. The fourth-order valence-corrected chi connectivity index (χ4v) is 5.89. The Morgan fingerprint density at radius 1 is 1.21 bits per heavy atom. The number of anilines is 2. The summed E-state index contributed by atoms with van der Waals surface area (Å²) in [6.07, 6.45) is 2.78. The van der Waals surface area contributed by atoms with E-state index in [1.54, 1.807) is 12.1 Å². The zero-order chi connectivity index (χ0) is 23.5. The minimum absolute atomic E-state index is 0.0742. The number of non-ortho nitro benzene ring substituents is 1. The molecule has 4 rings (SSSR count). The summed E-state index contributed by atoms with van der Waals surface area (Å²) >= 11 is 1.49. The summed E-state index contributed by atoms with van der Waals surface area (Å²) in [6.45, 7) is 5.30. The molecule has 10 heteroatoms. The molecule has 0 radical (unpaired) electrons. The number of benzene rings is 1. The van der Waals surface area contributed by atoms with Crippen molar-refractivity contribution in [1.82, 2.24) is 4.90 Å². The van der Waals surface area contributed by atoms with E-state index in [0.29, 0.717) is 29.6 Å². The Balaban J connectivity index is 1.35. The van der Waals surface area contributed by atoms with Crippen molar-refractivity contribution < 1.29 is 19.2 Å². The number of rotatable bonds is 6. The fraction of sp³-hybridized carbons (Fsp3) is 0.478. The number of carbonyl (C=O) groups is 2. The highest BCUT2D eigenvalue weighted by Gasteiger charge is 2.29. The van der Waals surface area contributed by atoms with Gasteiger partial charge in [0, 0.05) is 48.9 Å². The summed E-state index contributed by atoms with van der Waals surface area (Å²) in [5, 5.41) is 14.4. The van der Waals surface area contributed by atoms with Gasteiger partial charge in [0.1, 0.15) is 5.00 Å². The molecular weight excluding hydrogens is 444 g/mol. The van der Waals surface area contributed by atoms with Crippen LogP contribution in [0, 0.1) is 16.0 Å². The van der Waals surface area contributed by atoms with E-state index in [-0.39, 0.29) is 18.1 Å². The highest BCUT2D eigenvalue weighted by atomic mass is 32.1. The first-order valence-corrected chi connectivity index (χ1v) is 11.9. The number of amides is 1. The second kappa shape index (κ2) is 9.88. The maximum atomic E-state index is 12.8. The number of nitro benzene ring substituents is 1. The van der Waals surface area contributed by atoms with E-state index >= 15 is 0 Å². The third-order valence-corrected chi connectivity index (χ3v) is 7.49. The number of thiophene rings is 1.